The fraction of sp³-hybridized carbons (Fsp3) is 0.462. The van der Waals surface area contributed by atoms with Gasteiger partial charge < -0.3 is 10.3 Å². The Morgan fingerprint density at radius 2 is 2.19 bits per heavy atom. The van der Waals surface area contributed by atoms with Gasteiger partial charge in [-0.15, -0.1) is 11.3 Å². The molecule has 0 unspecified atom stereocenters. The van der Waals surface area contributed by atoms with Crippen LogP contribution in [0.2, 0.25) is 0 Å². The molecule has 0 bridgehead atoms. The molecule has 0 aromatic carbocycles. The second-order valence-corrected chi connectivity index (χ2v) is 7.76. The highest BCUT2D eigenvalue weighted by atomic mass is 32.2. The van der Waals surface area contributed by atoms with Crippen molar-refractivity contribution < 1.29 is 8.42 Å². The number of hydrogen-bond acceptors (Lipinski definition) is 5. The molecule has 0 aliphatic heterocycles. The van der Waals surface area contributed by atoms with E-state index in [1.807, 2.05) is 18.4 Å². The largest absolute Gasteiger partial charge is 0.349 e. The lowest BCUT2D eigenvalue weighted by molar-refractivity contribution is 0.468. The average molecular weight is 328 g/mol. The molecule has 2 aromatic heterocycles. The molecule has 0 aliphatic carbocycles. The van der Waals surface area contributed by atoms with Crippen LogP contribution in [0.1, 0.15) is 23.2 Å². The first-order valence-corrected chi connectivity index (χ1v) is 8.96. The van der Waals surface area contributed by atoms with E-state index in [1.165, 1.54) is 15.6 Å². The average Bonchev–Trinajstić information content (AvgIpc) is 3.05. The predicted octanol–water partition coefficient (Wildman–Crippen LogP) is 1.55. The predicted molar refractivity (Wildman–Crippen MR) is 83.5 cm³/mol. The SMILES string of the molecule is CCn1cc(S(=O)(=O)N(C)Cc2scnc2C)cc1CN. The number of nitrogens with two attached hydrogens (primary N) is 1. The van der Waals surface area contributed by atoms with Gasteiger partial charge in [0.05, 0.1) is 11.2 Å². The summed E-state index contributed by atoms with van der Waals surface area (Å²) in [5.74, 6) is 0. The number of nitrogens with zero attached hydrogens (tertiary/aromatic N) is 3. The Morgan fingerprint density at radius 3 is 2.67 bits per heavy atom. The van der Waals surface area contributed by atoms with Gasteiger partial charge in [0, 0.05) is 43.4 Å². The van der Waals surface area contributed by atoms with E-state index in [4.69, 9.17) is 5.73 Å². The summed E-state index contributed by atoms with van der Waals surface area (Å²) in [5.41, 5.74) is 9.07. The van der Waals surface area contributed by atoms with E-state index >= 15 is 0 Å². The Hall–Kier alpha value is -1.22. The summed E-state index contributed by atoms with van der Waals surface area (Å²) < 4.78 is 28.5. The summed E-state index contributed by atoms with van der Waals surface area (Å²) in [6, 6.07) is 1.65. The summed E-state index contributed by atoms with van der Waals surface area (Å²) in [6.07, 6.45) is 1.65. The Bertz CT molecular complexity index is 697. The number of hydrogen-bond donors (Lipinski definition) is 1. The van der Waals surface area contributed by atoms with Gasteiger partial charge in [-0.3, -0.25) is 0 Å². The monoisotopic (exact) mass is 328 g/mol. The van der Waals surface area contributed by atoms with E-state index in [2.05, 4.69) is 4.98 Å². The Kier molecular flexibility index (Phi) is 4.82. The van der Waals surface area contributed by atoms with E-state index in [-0.39, 0.29) is 4.90 Å². The van der Waals surface area contributed by atoms with E-state index < -0.39 is 10.0 Å². The van der Waals surface area contributed by atoms with Crippen molar-refractivity contribution in [3.8, 4) is 0 Å². The van der Waals surface area contributed by atoms with Crippen molar-refractivity contribution in [2.45, 2.75) is 38.4 Å². The number of rotatable bonds is 6. The molecule has 2 rings (SSSR count). The summed E-state index contributed by atoms with van der Waals surface area (Å²) in [7, 11) is -1.93. The minimum Gasteiger partial charge on any atom is -0.349 e. The highest BCUT2D eigenvalue weighted by molar-refractivity contribution is 7.89. The van der Waals surface area contributed by atoms with Crippen LogP contribution in [-0.2, 0) is 29.7 Å². The highest BCUT2D eigenvalue weighted by Crippen LogP contribution is 2.22. The van der Waals surface area contributed by atoms with Crippen molar-refractivity contribution in [1.82, 2.24) is 13.9 Å². The summed E-state index contributed by atoms with van der Waals surface area (Å²) >= 11 is 1.46. The van der Waals surface area contributed by atoms with Crippen LogP contribution in [0.3, 0.4) is 0 Å². The van der Waals surface area contributed by atoms with Crippen molar-refractivity contribution in [3.05, 3.63) is 34.0 Å². The zero-order valence-corrected chi connectivity index (χ0v) is 14.0. The van der Waals surface area contributed by atoms with Gasteiger partial charge in [0.2, 0.25) is 10.0 Å². The van der Waals surface area contributed by atoms with Gasteiger partial charge in [0.25, 0.3) is 0 Å². The van der Waals surface area contributed by atoms with Gasteiger partial charge in [-0.05, 0) is 19.9 Å². The van der Waals surface area contributed by atoms with Crippen LogP contribution >= 0.6 is 11.3 Å². The van der Waals surface area contributed by atoms with Crippen molar-refractivity contribution in [3.63, 3.8) is 0 Å². The lowest BCUT2D eigenvalue weighted by Crippen LogP contribution is -2.26. The van der Waals surface area contributed by atoms with Crippen LogP contribution in [0, 0.1) is 6.92 Å². The summed E-state index contributed by atoms with van der Waals surface area (Å²) in [6.45, 7) is 5.18. The first-order valence-electron chi connectivity index (χ1n) is 6.64. The zero-order chi connectivity index (χ0) is 15.6. The molecule has 8 heteroatoms. The molecule has 2 aromatic rings. The number of sulfonamides is 1. The van der Waals surface area contributed by atoms with Crippen LogP contribution < -0.4 is 5.73 Å². The fourth-order valence-corrected chi connectivity index (χ4v) is 4.19. The van der Waals surface area contributed by atoms with Crippen LogP contribution in [0.4, 0.5) is 0 Å². The summed E-state index contributed by atoms with van der Waals surface area (Å²) in [4.78, 5) is 5.39. The maximum absolute atomic E-state index is 12.6. The van der Waals surface area contributed by atoms with E-state index in [0.717, 1.165) is 16.3 Å². The lowest BCUT2D eigenvalue weighted by Gasteiger charge is -2.15. The Morgan fingerprint density at radius 1 is 1.48 bits per heavy atom. The third-order valence-electron chi connectivity index (χ3n) is 3.43. The van der Waals surface area contributed by atoms with Gasteiger partial charge in [-0.25, -0.2) is 13.4 Å². The van der Waals surface area contributed by atoms with Crippen molar-refractivity contribution in [1.29, 1.82) is 0 Å². The van der Waals surface area contributed by atoms with Crippen LogP contribution in [0.15, 0.2) is 22.7 Å². The van der Waals surface area contributed by atoms with Crippen LogP contribution in [0.25, 0.3) is 0 Å². The second-order valence-electron chi connectivity index (χ2n) is 4.78. The minimum absolute atomic E-state index is 0.287. The third-order valence-corrected chi connectivity index (χ3v) is 6.12. The van der Waals surface area contributed by atoms with E-state index in [9.17, 15) is 8.42 Å². The van der Waals surface area contributed by atoms with Gasteiger partial charge >= 0.3 is 0 Å². The van der Waals surface area contributed by atoms with Crippen molar-refractivity contribution in [2.75, 3.05) is 7.05 Å². The molecule has 2 heterocycles. The van der Waals surface area contributed by atoms with Gasteiger partial charge in [0.15, 0.2) is 0 Å². The molecule has 0 amide bonds. The van der Waals surface area contributed by atoms with Crippen LogP contribution in [0.5, 0.6) is 0 Å². The fourth-order valence-electron chi connectivity index (χ4n) is 2.08. The van der Waals surface area contributed by atoms with Gasteiger partial charge in [0.1, 0.15) is 4.90 Å². The molecule has 0 saturated carbocycles. The molecule has 2 N–H and O–H groups in total. The molecule has 6 nitrogen and oxygen atoms in total. The van der Waals surface area contributed by atoms with Crippen LogP contribution in [-0.4, -0.2) is 29.3 Å². The molecule has 0 radical (unpaired) electrons. The topological polar surface area (TPSA) is 81.2 Å². The first-order chi connectivity index (χ1) is 9.90. The van der Waals surface area contributed by atoms with Crippen molar-refractivity contribution >= 4 is 21.4 Å². The molecule has 0 atom stereocenters. The Labute approximate surface area is 129 Å². The maximum atomic E-state index is 12.6. The molecule has 21 heavy (non-hydrogen) atoms. The second kappa shape index (κ2) is 6.27. The molecule has 0 aliphatic rings. The number of thiazole rings is 1. The molecule has 116 valence electrons. The minimum atomic E-state index is -3.52. The smallest absolute Gasteiger partial charge is 0.244 e. The Balaban J connectivity index is 2.28. The lowest BCUT2D eigenvalue weighted by atomic mass is 10.4. The van der Waals surface area contributed by atoms with Gasteiger partial charge in [-0.1, -0.05) is 0 Å². The molecule has 0 fully saturated rings. The highest BCUT2D eigenvalue weighted by Gasteiger charge is 2.24. The van der Waals surface area contributed by atoms with Gasteiger partial charge in [-0.2, -0.15) is 4.31 Å². The quantitative estimate of drug-likeness (QED) is 0.872. The summed E-state index contributed by atoms with van der Waals surface area (Å²) in [5, 5.41) is 0. The zero-order valence-electron chi connectivity index (χ0n) is 12.4. The maximum Gasteiger partial charge on any atom is 0.244 e. The van der Waals surface area contributed by atoms with E-state index in [0.29, 0.717) is 19.6 Å². The van der Waals surface area contributed by atoms with Crippen molar-refractivity contribution in [2.24, 2.45) is 5.73 Å². The first kappa shape index (κ1) is 16.2. The number of aryl methyl sites for hydroxylation is 2. The normalized spacial score (nSPS) is 12.2. The third kappa shape index (κ3) is 3.18. The molecular weight excluding hydrogens is 308 g/mol. The molecule has 0 saturated heterocycles. The molecular formula is C13H20N4O2S2. The van der Waals surface area contributed by atoms with E-state index in [1.54, 1.807) is 24.8 Å². The molecule has 0 spiro atoms. The number of aromatic nitrogens is 2. The standard InChI is InChI=1S/C13H20N4O2S2/c1-4-17-7-12(5-11(17)6-14)21(18,19)16(3)8-13-10(2)15-9-20-13/h5,7,9H,4,6,8,14H2,1-3H3.